The van der Waals surface area contributed by atoms with Crippen molar-refractivity contribution >= 4 is 34.3 Å². The van der Waals surface area contributed by atoms with Crippen LogP contribution < -0.4 is 9.47 Å². The summed E-state index contributed by atoms with van der Waals surface area (Å²) in [4.78, 5) is 25.0. The summed E-state index contributed by atoms with van der Waals surface area (Å²) in [5, 5.41) is 2.18. The molecule has 35 heavy (non-hydrogen) atoms. The molecule has 5 aromatic rings. The number of carbonyl (C=O) groups excluding carboxylic acids is 2. The lowest BCUT2D eigenvalue weighted by Crippen LogP contribution is -2.09. The van der Waals surface area contributed by atoms with Gasteiger partial charge < -0.3 is 9.47 Å². The number of para-hydroxylation sites is 1. The Kier molecular flexibility index (Phi) is 6.29. The average molecular weight is 479 g/mol. The number of fused-ring (bicyclic) bond motifs is 1. The van der Waals surface area contributed by atoms with Crippen molar-refractivity contribution < 1.29 is 19.1 Å². The Bertz CT molecular complexity index is 1530. The third-order valence-electron chi connectivity index (χ3n) is 5.51. The lowest BCUT2D eigenvalue weighted by atomic mass is 10.0. The lowest BCUT2D eigenvalue weighted by molar-refractivity contribution is 0.0725. The van der Waals surface area contributed by atoms with E-state index in [1.165, 1.54) is 0 Å². The van der Waals surface area contributed by atoms with Crippen LogP contribution in [0.1, 0.15) is 20.7 Å². The van der Waals surface area contributed by atoms with E-state index in [2.05, 4.69) is 0 Å². The van der Waals surface area contributed by atoms with Crippen molar-refractivity contribution in [2.24, 2.45) is 0 Å². The van der Waals surface area contributed by atoms with Gasteiger partial charge in [0.05, 0.1) is 16.1 Å². The highest BCUT2D eigenvalue weighted by molar-refractivity contribution is 6.32. The highest BCUT2D eigenvalue weighted by Gasteiger charge is 2.16. The average Bonchev–Trinajstić information content (AvgIpc) is 2.90. The van der Waals surface area contributed by atoms with E-state index >= 15 is 0 Å². The molecule has 0 aliphatic carbocycles. The molecule has 4 nitrogen and oxygen atoms in total. The highest BCUT2D eigenvalue weighted by Crippen LogP contribution is 2.38. The third-order valence-corrected chi connectivity index (χ3v) is 5.81. The molecule has 0 fully saturated rings. The second-order valence-corrected chi connectivity index (χ2v) is 8.26. The monoisotopic (exact) mass is 478 g/mol. The molecule has 0 radical (unpaired) electrons. The molecule has 0 atom stereocenters. The zero-order valence-corrected chi connectivity index (χ0v) is 19.2. The molecule has 0 amide bonds. The maximum absolute atomic E-state index is 12.7. The zero-order chi connectivity index (χ0) is 24.2. The normalized spacial score (nSPS) is 10.7. The number of hydrogen-bond acceptors (Lipinski definition) is 4. The third kappa shape index (κ3) is 4.93. The number of hydrogen-bond donors (Lipinski definition) is 0. The SMILES string of the molecule is O=C(Oc1ccc2cc(-c3cccc(Cl)c3OC(=O)c3ccccc3)ccc2c1)c1ccccc1. The lowest BCUT2D eigenvalue weighted by Gasteiger charge is -2.13. The van der Waals surface area contributed by atoms with Gasteiger partial charge in [-0.05, 0) is 64.9 Å². The Morgan fingerprint density at radius 1 is 0.571 bits per heavy atom. The Hall–Kier alpha value is -4.41. The van der Waals surface area contributed by atoms with Crippen molar-refractivity contribution in [3.05, 3.63) is 131 Å². The predicted octanol–water partition coefficient (Wildman–Crippen LogP) is 7.60. The van der Waals surface area contributed by atoms with Crippen LogP contribution in [0.4, 0.5) is 0 Å². The molecule has 5 heteroatoms. The molecule has 5 aromatic carbocycles. The van der Waals surface area contributed by atoms with E-state index in [1.807, 2.05) is 54.6 Å². The summed E-state index contributed by atoms with van der Waals surface area (Å²) in [6.45, 7) is 0. The van der Waals surface area contributed by atoms with Gasteiger partial charge >= 0.3 is 11.9 Å². The van der Waals surface area contributed by atoms with E-state index in [-0.39, 0.29) is 0 Å². The fourth-order valence-electron chi connectivity index (χ4n) is 3.76. The molecule has 0 saturated heterocycles. The minimum absolute atomic E-state index is 0.302. The predicted molar refractivity (Wildman–Crippen MR) is 137 cm³/mol. The summed E-state index contributed by atoms with van der Waals surface area (Å²) >= 11 is 6.42. The summed E-state index contributed by atoms with van der Waals surface area (Å²) in [7, 11) is 0. The first kappa shape index (κ1) is 22.4. The molecule has 0 aromatic heterocycles. The van der Waals surface area contributed by atoms with Crippen LogP contribution in [-0.4, -0.2) is 11.9 Å². The molecule has 5 rings (SSSR count). The van der Waals surface area contributed by atoms with Crippen LogP contribution in [0.3, 0.4) is 0 Å². The number of carbonyl (C=O) groups is 2. The van der Waals surface area contributed by atoms with Gasteiger partial charge in [-0.2, -0.15) is 0 Å². The number of esters is 2. The fourth-order valence-corrected chi connectivity index (χ4v) is 3.97. The summed E-state index contributed by atoms with van der Waals surface area (Å²) in [5.41, 5.74) is 2.46. The van der Waals surface area contributed by atoms with E-state index in [4.69, 9.17) is 21.1 Å². The minimum Gasteiger partial charge on any atom is -0.423 e. The number of benzene rings is 5. The quantitative estimate of drug-likeness (QED) is 0.193. The molecule has 0 bridgehead atoms. The molecule has 0 spiro atoms. The van der Waals surface area contributed by atoms with Gasteiger partial charge in [0.25, 0.3) is 0 Å². The van der Waals surface area contributed by atoms with Crippen molar-refractivity contribution in [3.63, 3.8) is 0 Å². The van der Waals surface area contributed by atoms with Crippen molar-refractivity contribution in [2.45, 2.75) is 0 Å². The topological polar surface area (TPSA) is 52.6 Å². The molecule has 170 valence electrons. The molecule has 0 aliphatic heterocycles. The van der Waals surface area contributed by atoms with Crippen molar-refractivity contribution in [2.75, 3.05) is 0 Å². The first-order valence-electron chi connectivity index (χ1n) is 11.0. The Morgan fingerprint density at radius 2 is 1.17 bits per heavy atom. The van der Waals surface area contributed by atoms with Gasteiger partial charge in [0, 0.05) is 5.56 Å². The van der Waals surface area contributed by atoms with Crippen LogP contribution in [0.5, 0.6) is 11.5 Å². The maximum atomic E-state index is 12.7. The second-order valence-electron chi connectivity index (χ2n) is 7.85. The molecule has 0 unspecified atom stereocenters. The van der Waals surface area contributed by atoms with E-state index in [0.717, 1.165) is 16.3 Å². The first-order chi connectivity index (χ1) is 17.1. The van der Waals surface area contributed by atoms with Gasteiger partial charge in [-0.1, -0.05) is 78.3 Å². The zero-order valence-electron chi connectivity index (χ0n) is 18.5. The van der Waals surface area contributed by atoms with Gasteiger partial charge in [-0.25, -0.2) is 9.59 Å². The minimum atomic E-state index is -0.481. The summed E-state index contributed by atoms with van der Waals surface area (Å²) in [5.74, 6) is -0.133. The summed E-state index contributed by atoms with van der Waals surface area (Å²) < 4.78 is 11.2. The van der Waals surface area contributed by atoms with Gasteiger partial charge in [0.2, 0.25) is 0 Å². The van der Waals surface area contributed by atoms with Crippen LogP contribution in [0, 0.1) is 0 Å². The van der Waals surface area contributed by atoms with Gasteiger partial charge in [-0.15, -0.1) is 0 Å². The van der Waals surface area contributed by atoms with Crippen LogP contribution >= 0.6 is 11.6 Å². The Morgan fingerprint density at radius 3 is 1.86 bits per heavy atom. The van der Waals surface area contributed by atoms with E-state index in [1.54, 1.807) is 60.7 Å². The first-order valence-corrected chi connectivity index (χ1v) is 11.3. The number of halogens is 1. The molecule has 0 N–H and O–H groups in total. The van der Waals surface area contributed by atoms with E-state index in [9.17, 15) is 9.59 Å². The second kappa shape index (κ2) is 9.84. The molecular weight excluding hydrogens is 460 g/mol. The van der Waals surface area contributed by atoms with Gasteiger partial charge in [0.15, 0.2) is 5.75 Å². The smallest absolute Gasteiger partial charge is 0.343 e. The maximum Gasteiger partial charge on any atom is 0.343 e. The molecule has 0 heterocycles. The number of ether oxygens (including phenoxy) is 2. The van der Waals surface area contributed by atoms with Gasteiger partial charge in [-0.3, -0.25) is 0 Å². The van der Waals surface area contributed by atoms with E-state index in [0.29, 0.717) is 33.2 Å². The number of rotatable bonds is 5. The Labute approximate surface area is 207 Å². The van der Waals surface area contributed by atoms with Crippen LogP contribution in [0.2, 0.25) is 5.02 Å². The van der Waals surface area contributed by atoms with Crippen molar-refractivity contribution in [1.82, 2.24) is 0 Å². The fraction of sp³-hybridized carbons (Fsp3) is 0. The molecular formula is C30H19ClO4. The highest BCUT2D eigenvalue weighted by atomic mass is 35.5. The van der Waals surface area contributed by atoms with Gasteiger partial charge in [0.1, 0.15) is 5.75 Å². The summed E-state index contributed by atoms with van der Waals surface area (Å²) in [6.07, 6.45) is 0. The van der Waals surface area contributed by atoms with Crippen LogP contribution in [0.15, 0.2) is 115 Å². The Balaban J connectivity index is 1.43. The van der Waals surface area contributed by atoms with E-state index < -0.39 is 11.9 Å². The molecule has 0 saturated carbocycles. The van der Waals surface area contributed by atoms with Crippen LogP contribution in [-0.2, 0) is 0 Å². The van der Waals surface area contributed by atoms with Crippen molar-refractivity contribution in [1.29, 1.82) is 0 Å². The standard InChI is InChI=1S/C30H19ClO4/c31-27-13-7-12-26(28(27)35-30(33)21-10-5-2-6-11-21)24-15-14-23-19-25(17-16-22(23)18-24)34-29(32)20-8-3-1-4-9-20/h1-19H. The summed E-state index contributed by atoms with van der Waals surface area (Å²) in [6, 6.07) is 34.2. The van der Waals surface area contributed by atoms with Crippen LogP contribution in [0.25, 0.3) is 21.9 Å². The molecule has 0 aliphatic rings. The van der Waals surface area contributed by atoms with Crippen molar-refractivity contribution in [3.8, 4) is 22.6 Å². The largest absolute Gasteiger partial charge is 0.423 e.